The number of carboxylic acids is 1. The largest absolute Gasteiger partial charge is 0.478 e. The molecule has 0 saturated carbocycles. The first-order valence-electron chi connectivity index (χ1n) is 6.70. The lowest BCUT2D eigenvalue weighted by atomic mass is 10.1. The molecule has 2 amide bonds. The summed E-state index contributed by atoms with van der Waals surface area (Å²) in [5, 5.41) is 11.8. The van der Waals surface area contributed by atoms with Crippen LogP contribution in [0.3, 0.4) is 0 Å². The molecule has 0 radical (unpaired) electrons. The Hall–Kier alpha value is -2.30. The molecule has 0 aliphatic carbocycles. The van der Waals surface area contributed by atoms with Crippen molar-refractivity contribution in [3.8, 4) is 0 Å². The van der Waals surface area contributed by atoms with E-state index in [0.29, 0.717) is 17.8 Å². The lowest BCUT2D eigenvalue weighted by molar-refractivity contribution is 0.0696. The van der Waals surface area contributed by atoms with Gasteiger partial charge in [-0.1, -0.05) is 6.08 Å². The molecule has 21 heavy (non-hydrogen) atoms. The fourth-order valence-corrected chi connectivity index (χ4v) is 1.96. The van der Waals surface area contributed by atoms with Crippen LogP contribution in [0.1, 0.15) is 36.7 Å². The summed E-state index contributed by atoms with van der Waals surface area (Å²) in [4.78, 5) is 25.0. The van der Waals surface area contributed by atoms with Crippen molar-refractivity contribution in [3.05, 3.63) is 42.0 Å². The monoisotopic (exact) mass is 290 g/mol. The maximum absolute atomic E-state index is 12.3. The molecule has 2 N–H and O–H groups in total. The van der Waals surface area contributed by atoms with Crippen LogP contribution in [-0.4, -0.2) is 34.1 Å². The normalized spacial score (nSPS) is 10.9. The molecule has 5 nitrogen and oxygen atoms in total. The van der Waals surface area contributed by atoms with E-state index in [-0.39, 0.29) is 17.1 Å². The molecule has 0 saturated heterocycles. The highest BCUT2D eigenvalue weighted by Gasteiger charge is 2.25. The molecule has 0 aliphatic rings. The van der Waals surface area contributed by atoms with Crippen molar-refractivity contribution in [2.24, 2.45) is 0 Å². The van der Waals surface area contributed by atoms with Gasteiger partial charge in [0.25, 0.3) is 0 Å². The topological polar surface area (TPSA) is 69.6 Å². The van der Waals surface area contributed by atoms with Crippen LogP contribution in [0.5, 0.6) is 0 Å². The smallest absolute Gasteiger partial charge is 0.335 e. The van der Waals surface area contributed by atoms with E-state index in [9.17, 15) is 9.59 Å². The number of aromatic carboxylic acids is 1. The predicted molar refractivity (Wildman–Crippen MR) is 83.8 cm³/mol. The second kappa shape index (κ2) is 6.43. The third-order valence-electron chi connectivity index (χ3n) is 3.07. The molecule has 0 spiro atoms. The Balaban J connectivity index is 2.94. The fourth-order valence-electron chi connectivity index (χ4n) is 1.96. The van der Waals surface area contributed by atoms with E-state index >= 15 is 0 Å². The van der Waals surface area contributed by atoms with Crippen LogP contribution in [0.25, 0.3) is 0 Å². The van der Waals surface area contributed by atoms with Crippen LogP contribution < -0.4 is 5.32 Å². The van der Waals surface area contributed by atoms with Gasteiger partial charge in [0, 0.05) is 17.8 Å². The first kappa shape index (κ1) is 16.8. The van der Waals surface area contributed by atoms with E-state index in [1.807, 2.05) is 20.8 Å². The van der Waals surface area contributed by atoms with Gasteiger partial charge in [-0.3, -0.25) is 0 Å². The van der Waals surface area contributed by atoms with Crippen molar-refractivity contribution in [1.29, 1.82) is 0 Å². The predicted octanol–water partition coefficient (Wildman–Crippen LogP) is 3.51. The fraction of sp³-hybridized carbons (Fsp3) is 0.375. The highest BCUT2D eigenvalue weighted by atomic mass is 16.4. The van der Waals surface area contributed by atoms with Gasteiger partial charge in [0.1, 0.15) is 0 Å². The summed E-state index contributed by atoms with van der Waals surface area (Å²) < 4.78 is 0. The SMILES string of the molecule is C=CCN(C(=O)Nc1ccc(C(=O)O)c(C)c1)C(C)(C)C. The maximum atomic E-state index is 12.3. The molecular formula is C16H22N2O3. The maximum Gasteiger partial charge on any atom is 0.335 e. The molecule has 1 rings (SSSR count). The molecule has 5 heteroatoms. The summed E-state index contributed by atoms with van der Waals surface area (Å²) in [6.07, 6.45) is 1.67. The number of amides is 2. The summed E-state index contributed by atoms with van der Waals surface area (Å²) in [5.74, 6) is -0.978. The average molecular weight is 290 g/mol. The Labute approximate surface area is 125 Å². The number of carboxylic acid groups (broad SMARTS) is 1. The standard InChI is InChI=1S/C16H22N2O3/c1-6-9-18(16(3,4)5)15(21)17-12-7-8-13(14(19)20)11(2)10-12/h6-8,10H,1,9H2,2-5H3,(H,17,21)(H,19,20). The van der Waals surface area contributed by atoms with Crippen LogP contribution in [-0.2, 0) is 0 Å². The molecule has 1 aromatic carbocycles. The molecule has 0 bridgehead atoms. The minimum Gasteiger partial charge on any atom is -0.478 e. The number of hydrogen-bond donors (Lipinski definition) is 2. The first-order valence-corrected chi connectivity index (χ1v) is 6.70. The quantitative estimate of drug-likeness (QED) is 0.834. The van der Waals surface area contributed by atoms with Gasteiger partial charge in [-0.05, 0) is 51.5 Å². The molecule has 0 aliphatic heterocycles. The van der Waals surface area contributed by atoms with Gasteiger partial charge < -0.3 is 15.3 Å². The molecule has 0 atom stereocenters. The van der Waals surface area contributed by atoms with Gasteiger partial charge in [0.05, 0.1) is 5.56 Å². The Morgan fingerprint density at radius 1 is 1.38 bits per heavy atom. The van der Waals surface area contributed by atoms with Crippen LogP contribution in [0, 0.1) is 6.92 Å². The van der Waals surface area contributed by atoms with Gasteiger partial charge >= 0.3 is 12.0 Å². The number of carbonyl (C=O) groups excluding carboxylic acids is 1. The van der Waals surface area contributed by atoms with Gasteiger partial charge in [-0.2, -0.15) is 0 Å². The van der Waals surface area contributed by atoms with E-state index in [1.165, 1.54) is 6.07 Å². The second-order valence-corrected chi connectivity index (χ2v) is 5.84. The van der Waals surface area contributed by atoms with Crippen molar-refractivity contribution in [2.45, 2.75) is 33.2 Å². The third-order valence-corrected chi connectivity index (χ3v) is 3.07. The molecule has 114 valence electrons. The zero-order valence-corrected chi connectivity index (χ0v) is 12.9. The molecule has 0 fully saturated rings. The summed E-state index contributed by atoms with van der Waals surface area (Å²) in [6.45, 7) is 11.6. The first-order chi connectivity index (χ1) is 9.66. The van der Waals surface area contributed by atoms with E-state index in [1.54, 1.807) is 30.0 Å². The van der Waals surface area contributed by atoms with E-state index < -0.39 is 5.97 Å². The van der Waals surface area contributed by atoms with Crippen molar-refractivity contribution < 1.29 is 14.7 Å². The minimum absolute atomic E-state index is 0.228. The van der Waals surface area contributed by atoms with Crippen molar-refractivity contribution in [3.63, 3.8) is 0 Å². The van der Waals surface area contributed by atoms with E-state index in [4.69, 9.17) is 5.11 Å². The number of nitrogens with zero attached hydrogens (tertiary/aromatic N) is 1. The van der Waals surface area contributed by atoms with Gasteiger partial charge in [0.2, 0.25) is 0 Å². The Morgan fingerprint density at radius 3 is 2.43 bits per heavy atom. The molecule has 1 aromatic rings. The van der Waals surface area contributed by atoms with Crippen LogP contribution in [0.2, 0.25) is 0 Å². The summed E-state index contributed by atoms with van der Waals surface area (Å²) in [7, 11) is 0. The zero-order chi connectivity index (χ0) is 16.2. The van der Waals surface area contributed by atoms with Crippen LogP contribution in [0.15, 0.2) is 30.9 Å². The number of benzene rings is 1. The number of anilines is 1. The molecular weight excluding hydrogens is 268 g/mol. The second-order valence-electron chi connectivity index (χ2n) is 5.84. The Morgan fingerprint density at radius 2 is 2.00 bits per heavy atom. The van der Waals surface area contributed by atoms with Crippen LogP contribution in [0.4, 0.5) is 10.5 Å². The molecule has 0 aromatic heterocycles. The third kappa shape index (κ3) is 4.34. The summed E-state index contributed by atoms with van der Waals surface area (Å²) in [5.41, 5.74) is 1.06. The summed E-state index contributed by atoms with van der Waals surface area (Å²) in [6, 6.07) is 4.48. The van der Waals surface area contributed by atoms with Crippen LogP contribution >= 0.6 is 0 Å². The van der Waals surface area contributed by atoms with E-state index in [2.05, 4.69) is 11.9 Å². The Kier molecular flexibility index (Phi) is 5.13. The number of nitrogens with one attached hydrogen (secondary N) is 1. The number of urea groups is 1. The Bertz CT molecular complexity index is 559. The zero-order valence-electron chi connectivity index (χ0n) is 12.9. The number of carbonyl (C=O) groups is 2. The summed E-state index contributed by atoms with van der Waals surface area (Å²) >= 11 is 0. The minimum atomic E-state index is -0.978. The lowest BCUT2D eigenvalue weighted by Gasteiger charge is -2.34. The van der Waals surface area contributed by atoms with Gasteiger partial charge in [-0.25, -0.2) is 9.59 Å². The van der Waals surface area contributed by atoms with Crippen molar-refractivity contribution in [2.75, 3.05) is 11.9 Å². The van der Waals surface area contributed by atoms with Crippen molar-refractivity contribution in [1.82, 2.24) is 4.90 Å². The highest BCUT2D eigenvalue weighted by Crippen LogP contribution is 2.18. The average Bonchev–Trinajstić information content (AvgIpc) is 2.33. The molecule has 0 heterocycles. The number of rotatable bonds is 4. The highest BCUT2D eigenvalue weighted by molar-refractivity contribution is 5.93. The van der Waals surface area contributed by atoms with Crippen molar-refractivity contribution >= 4 is 17.7 Å². The lowest BCUT2D eigenvalue weighted by Crippen LogP contribution is -2.47. The van der Waals surface area contributed by atoms with Gasteiger partial charge in [-0.15, -0.1) is 6.58 Å². The van der Waals surface area contributed by atoms with E-state index in [0.717, 1.165) is 0 Å². The number of aryl methyl sites for hydroxylation is 1. The molecule has 0 unspecified atom stereocenters. The van der Waals surface area contributed by atoms with Gasteiger partial charge in [0.15, 0.2) is 0 Å². The number of hydrogen-bond acceptors (Lipinski definition) is 2.